The van der Waals surface area contributed by atoms with Crippen LogP contribution in [0.1, 0.15) is 52.4 Å². The zero-order valence-electron chi connectivity index (χ0n) is 12.3. The molecule has 0 aliphatic heterocycles. The lowest BCUT2D eigenvalue weighted by molar-refractivity contribution is 0.129. The van der Waals surface area contributed by atoms with Crippen molar-refractivity contribution in [1.29, 1.82) is 5.26 Å². The van der Waals surface area contributed by atoms with Gasteiger partial charge in [-0.05, 0) is 65.6 Å². The van der Waals surface area contributed by atoms with Crippen LogP contribution in [0.15, 0.2) is 0 Å². The van der Waals surface area contributed by atoms with Gasteiger partial charge in [0.15, 0.2) is 0 Å². The van der Waals surface area contributed by atoms with Gasteiger partial charge in [-0.25, -0.2) is 0 Å². The van der Waals surface area contributed by atoms with Gasteiger partial charge in [0.25, 0.3) is 0 Å². The summed E-state index contributed by atoms with van der Waals surface area (Å²) in [6, 6.07) is 3.04. The lowest BCUT2D eigenvalue weighted by Gasteiger charge is -2.37. The molecule has 2 unspecified atom stereocenters. The van der Waals surface area contributed by atoms with Crippen LogP contribution in [0.4, 0.5) is 0 Å². The van der Waals surface area contributed by atoms with E-state index in [2.05, 4.69) is 18.0 Å². The van der Waals surface area contributed by atoms with Crippen molar-refractivity contribution in [2.24, 2.45) is 17.1 Å². The standard InChI is InChI=1S/C15H29N3/c1-15(2,12-17)9-6-10-18(3)14-8-5-4-7-13(14)11-16/h13-14H,4-11,16H2,1-3H3. The number of hydrogen-bond donors (Lipinski definition) is 1. The molecule has 3 heteroatoms. The molecule has 0 aromatic heterocycles. The van der Waals surface area contributed by atoms with Gasteiger partial charge in [-0.1, -0.05) is 12.8 Å². The molecule has 2 N–H and O–H groups in total. The molecule has 1 saturated carbocycles. The van der Waals surface area contributed by atoms with Crippen LogP contribution in [0.3, 0.4) is 0 Å². The van der Waals surface area contributed by atoms with Crippen LogP contribution in [0, 0.1) is 22.7 Å². The lowest BCUT2D eigenvalue weighted by Crippen LogP contribution is -2.43. The minimum Gasteiger partial charge on any atom is -0.330 e. The Bertz CT molecular complexity index is 280. The number of nitriles is 1. The highest BCUT2D eigenvalue weighted by atomic mass is 15.1. The summed E-state index contributed by atoms with van der Waals surface area (Å²) in [6.45, 7) is 5.96. The molecule has 104 valence electrons. The van der Waals surface area contributed by atoms with Crippen molar-refractivity contribution in [1.82, 2.24) is 4.90 Å². The highest BCUT2D eigenvalue weighted by Crippen LogP contribution is 2.28. The Morgan fingerprint density at radius 1 is 1.33 bits per heavy atom. The normalized spacial score (nSPS) is 25.1. The van der Waals surface area contributed by atoms with Crippen LogP contribution in [-0.4, -0.2) is 31.1 Å². The van der Waals surface area contributed by atoms with E-state index in [1.54, 1.807) is 0 Å². The van der Waals surface area contributed by atoms with Crippen molar-refractivity contribution in [3.63, 3.8) is 0 Å². The number of rotatable bonds is 6. The lowest BCUT2D eigenvalue weighted by atomic mass is 9.83. The highest BCUT2D eigenvalue weighted by Gasteiger charge is 2.27. The molecule has 0 radical (unpaired) electrons. The van der Waals surface area contributed by atoms with Crippen LogP contribution >= 0.6 is 0 Å². The fraction of sp³-hybridized carbons (Fsp3) is 0.933. The summed E-state index contributed by atoms with van der Waals surface area (Å²) >= 11 is 0. The first-order valence-corrected chi connectivity index (χ1v) is 7.32. The molecule has 0 aromatic carbocycles. The Morgan fingerprint density at radius 2 is 2.00 bits per heavy atom. The van der Waals surface area contributed by atoms with Crippen LogP contribution in [0.2, 0.25) is 0 Å². The molecule has 2 atom stereocenters. The van der Waals surface area contributed by atoms with Crippen LogP contribution in [0.5, 0.6) is 0 Å². The first-order valence-electron chi connectivity index (χ1n) is 7.32. The van der Waals surface area contributed by atoms with Gasteiger partial charge in [-0.3, -0.25) is 0 Å². The summed E-state index contributed by atoms with van der Waals surface area (Å²) in [7, 11) is 2.22. The smallest absolute Gasteiger partial charge is 0.0683 e. The van der Waals surface area contributed by atoms with E-state index < -0.39 is 0 Å². The monoisotopic (exact) mass is 251 g/mol. The summed E-state index contributed by atoms with van der Waals surface area (Å²) in [5, 5.41) is 9.01. The predicted octanol–water partition coefficient (Wildman–Crippen LogP) is 2.77. The Morgan fingerprint density at radius 3 is 2.61 bits per heavy atom. The molecule has 0 bridgehead atoms. The fourth-order valence-electron chi connectivity index (χ4n) is 3.04. The van der Waals surface area contributed by atoms with Gasteiger partial charge in [-0.15, -0.1) is 0 Å². The molecule has 3 nitrogen and oxygen atoms in total. The third-order valence-corrected chi connectivity index (χ3v) is 4.35. The second kappa shape index (κ2) is 7.11. The van der Waals surface area contributed by atoms with E-state index in [9.17, 15) is 0 Å². The first-order chi connectivity index (χ1) is 8.50. The Balaban J connectivity index is 2.35. The van der Waals surface area contributed by atoms with Crippen LogP contribution in [0.25, 0.3) is 0 Å². The molecule has 1 fully saturated rings. The molecule has 0 aromatic rings. The van der Waals surface area contributed by atoms with Gasteiger partial charge in [-0.2, -0.15) is 5.26 Å². The van der Waals surface area contributed by atoms with E-state index in [1.165, 1.54) is 25.7 Å². The molecule has 0 saturated heterocycles. The average molecular weight is 251 g/mol. The van der Waals surface area contributed by atoms with Gasteiger partial charge in [0.2, 0.25) is 0 Å². The summed E-state index contributed by atoms with van der Waals surface area (Å²) < 4.78 is 0. The van der Waals surface area contributed by atoms with Crippen molar-refractivity contribution in [2.45, 2.75) is 58.4 Å². The topological polar surface area (TPSA) is 53.0 Å². The van der Waals surface area contributed by atoms with Crippen LogP contribution in [-0.2, 0) is 0 Å². The third kappa shape index (κ3) is 4.59. The molecular formula is C15H29N3. The minimum absolute atomic E-state index is 0.180. The molecule has 0 spiro atoms. The second-order valence-electron chi connectivity index (χ2n) is 6.43. The molecule has 1 aliphatic rings. The Hall–Kier alpha value is -0.590. The highest BCUT2D eigenvalue weighted by molar-refractivity contribution is 4.91. The van der Waals surface area contributed by atoms with E-state index in [1.807, 2.05) is 13.8 Å². The largest absolute Gasteiger partial charge is 0.330 e. The van der Waals surface area contributed by atoms with Gasteiger partial charge in [0.1, 0.15) is 0 Å². The van der Waals surface area contributed by atoms with Crippen molar-refractivity contribution >= 4 is 0 Å². The van der Waals surface area contributed by atoms with E-state index in [-0.39, 0.29) is 5.41 Å². The van der Waals surface area contributed by atoms with E-state index in [4.69, 9.17) is 11.0 Å². The number of hydrogen-bond acceptors (Lipinski definition) is 3. The van der Waals surface area contributed by atoms with Crippen molar-refractivity contribution < 1.29 is 0 Å². The zero-order chi connectivity index (χ0) is 13.6. The quantitative estimate of drug-likeness (QED) is 0.789. The van der Waals surface area contributed by atoms with Gasteiger partial charge in [0, 0.05) is 6.04 Å². The molecule has 18 heavy (non-hydrogen) atoms. The Kier molecular flexibility index (Phi) is 6.11. The maximum Gasteiger partial charge on any atom is 0.0683 e. The Labute approximate surface area is 112 Å². The minimum atomic E-state index is -0.180. The SMILES string of the molecule is CN(CCCC(C)(C)C#N)C1CCCCC1CN. The first kappa shape index (κ1) is 15.5. The summed E-state index contributed by atoms with van der Waals surface area (Å²) in [4.78, 5) is 2.48. The molecular weight excluding hydrogens is 222 g/mol. The summed E-state index contributed by atoms with van der Waals surface area (Å²) in [6.07, 6.45) is 7.34. The maximum absolute atomic E-state index is 9.01. The van der Waals surface area contributed by atoms with Gasteiger partial charge in [0.05, 0.1) is 11.5 Å². The van der Waals surface area contributed by atoms with E-state index in [0.717, 1.165) is 25.9 Å². The van der Waals surface area contributed by atoms with Gasteiger partial charge < -0.3 is 10.6 Å². The van der Waals surface area contributed by atoms with Crippen molar-refractivity contribution in [3.05, 3.63) is 0 Å². The summed E-state index contributed by atoms with van der Waals surface area (Å²) in [5.41, 5.74) is 5.70. The van der Waals surface area contributed by atoms with E-state index >= 15 is 0 Å². The van der Waals surface area contributed by atoms with Gasteiger partial charge >= 0.3 is 0 Å². The second-order valence-corrected chi connectivity index (χ2v) is 6.43. The molecule has 0 heterocycles. The van der Waals surface area contributed by atoms with Crippen LogP contribution < -0.4 is 5.73 Å². The maximum atomic E-state index is 9.01. The van der Waals surface area contributed by atoms with Crippen molar-refractivity contribution in [2.75, 3.05) is 20.1 Å². The summed E-state index contributed by atoms with van der Waals surface area (Å²) in [5.74, 6) is 0.674. The fourth-order valence-corrected chi connectivity index (χ4v) is 3.04. The third-order valence-electron chi connectivity index (χ3n) is 4.35. The van der Waals surface area contributed by atoms with Crippen molar-refractivity contribution in [3.8, 4) is 6.07 Å². The van der Waals surface area contributed by atoms with E-state index in [0.29, 0.717) is 12.0 Å². The molecule has 1 aliphatic carbocycles. The average Bonchev–Trinajstić information content (AvgIpc) is 2.38. The molecule has 0 amide bonds. The number of nitrogens with zero attached hydrogens (tertiary/aromatic N) is 2. The molecule has 1 rings (SSSR count). The zero-order valence-corrected chi connectivity index (χ0v) is 12.3. The predicted molar refractivity (Wildman–Crippen MR) is 76.1 cm³/mol. The number of nitrogens with two attached hydrogens (primary N) is 1.